The number of nitrogens with zero attached hydrogens (tertiary/aromatic N) is 2. The van der Waals surface area contributed by atoms with Crippen molar-refractivity contribution in [3.63, 3.8) is 0 Å². The number of aromatic nitrogens is 2. The smallest absolute Gasteiger partial charge is 0.242 e. The molecule has 1 atom stereocenters. The number of hydrogen-bond donors (Lipinski definition) is 2. The number of rotatable bonds is 5. The van der Waals surface area contributed by atoms with Crippen molar-refractivity contribution >= 4 is 11.9 Å². The minimum absolute atomic E-state index is 0.00438. The van der Waals surface area contributed by atoms with Crippen LogP contribution < -0.4 is 15.4 Å². The lowest BCUT2D eigenvalue weighted by molar-refractivity contribution is -0.123. The maximum atomic E-state index is 11.6. The summed E-state index contributed by atoms with van der Waals surface area (Å²) in [4.78, 5) is 19.9. The standard InChI is InChI=1S/C12H18N4O2/c1-2-8-18-10-5-7-14-12(16-10)15-9-4-3-6-13-11(9)17/h5,7,9H,2-4,6,8H2,1H3,(H,13,17)(H,14,15,16). The molecule has 1 amide bonds. The normalized spacial score (nSPS) is 19.2. The van der Waals surface area contributed by atoms with Gasteiger partial charge < -0.3 is 15.4 Å². The van der Waals surface area contributed by atoms with Crippen molar-refractivity contribution in [2.24, 2.45) is 0 Å². The van der Waals surface area contributed by atoms with E-state index in [4.69, 9.17) is 4.74 Å². The first-order valence-electron chi connectivity index (χ1n) is 6.29. The minimum atomic E-state index is -0.250. The highest BCUT2D eigenvalue weighted by Crippen LogP contribution is 2.12. The van der Waals surface area contributed by atoms with Crippen molar-refractivity contribution < 1.29 is 9.53 Å². The first-order chi connectivity index (χ1) is 8.79. The Labute approximate surface area is 106 Å². The van der Waals surface area contributed by atoms with Gasteiger partial charge in [-0.3, -0.25) is 4.79 Å². The van der Waals surface area contributed by atoms with Gasteiger partial charge in [-0.25, -0.2) is 4.98 Å². The number of carbonyl (C=O) groups is 1. The molecule has 1 saturated heterocycles. The molecule has 1 fully saturated rings. The highest BCUT2D eigenvalue weighted by atomic mass is 16.5. The molecule has 0 aromatic carbocycles. The fourth-order valence-electron chi connectivity index (χ4n) is 1.76. The van der Waals surface area contributed by atoms with E-state index in [1.54, 1.807) is 12.3 Å². The van der Waals surface area contributed by atoms with Crippen molar-refractivity contribution in [1.82, 2.24) is 15.3 Å². The van der Waals surface area contributed by atoms with E-state index >= 15 is 0 Å². The van der Waals surface area contributed by atoms with Gasteiger partial charge in [0.05, 0.1) is 6.61 Å². The number of ether oxygens (including phenoxy) is 1. The van der Waals surface area contributed by atoms with Crippen molar-refractivity contribution in [2.45, 2.75) is 32.2 Å². The Morgan fingerprint density at radius 2 is 2.50 bits per heavy atom. The van der Waals surface area contributed by atoms with E-state index in [2.05, 4.69) is 20.6 Å². The predicted octanol–water partition coefficient (Wildman–Crippen LogP) is 0.956. The molecule has 1 aliphatic rings. The van der Waals surface area contributed by atoms with Crippen molar-refractivity contribution in [1.29, 1.82) is 0 Å². The monoisotopic (exact) mass is 250 g/mol. The third-order valence-electron chi connectivity index (χ3n) is 2.67. The summed E-state index contributed by atoms with van der Waals surface area (Å²) < 4.78 is 5.42. The zero-order valence-electron chi connectivity index (χ0n) is 10.5. The van der Waals surface area contributed by atoms with Gasteiger partial charge in [0.25, 0.3) is 0 Å². The molecule has 2 rings (SSSR count). The number of amides is 1. The molecule has 6 heteroatoms. The summed E-state index contributed by atoms with van der Waals surface area (Å²) in [6, 6.07) is 1.46. The van der Waals surface area contributed by atoms with Gasteiger partial charge in [0.15, 0.2) is 0 Å². The van der Waals surface area contributed by atoms with E-state index in [0.29, 0.717) is 18.4 Å². The Hall–Kier alpha value is -1.85. The molecule has 2 heterocycles. The molecule has 1 aromatic heterocycles. The van der Waals surface area contributed by atoms with Crippen LogP contribution in [-0.2, 0) is 4.79 Å². The van der Waals surface area contributed by atoms with Crippen LogP contribution in [0.5, 0.6) is 5.88 Å². The van der Waals surface area contributed by atoms with Crippen molar-refractivity contribution in [3.05, 3.63) is 12.3 Å². The average Bonchev–Trinajstić information content (AvgIpc) is 2.40. The summed E-state index contributed by atoms with van der Waals surface area (Å²) in [5.74, 6) is 0.973. The van der Waals surface area contributed by atoms with Crippen LogP contribution in [0.3, 0.4) is 0 Å². The molecule has 1 aliphatic heterocycles. The van der Waals surface area contributed by atoms with Gasteiger partial charge >= 0.3 is 0 Å². The van der Waals surface area contributed by atoms with E-state index in [0.717, 1.165) is 25.8 Å². The summed E-state index contributed by atoms with van der Waals surface area (Å²) in [5, 5.41) is 5.85. The Kier molecular flexibility index (Phi) is 4.33. The quantitative estimate of drug-likeness (QED) is 0.814. The van der Waals surface area contributed by atoms with E-state index < -0.39 is 0 Å². The average molecular weight is 250 g/mol. The zero-order valence-corrected chi connectivity index (χ0v) is 10.5. The van der Waals surface area contributed by atoms with Gasteiger partial charge in [0, 0.05) is 18.8 Å². The summed E-state index contributed by atoms with van der Waals surface area (Å²) in [5.41, 5.74) is 0. The topological polar surface area (TPSA) is 76.1 Å². The third-order valence-corrected chi connectivity index (χ3v) is 2.67. The molecule has 0 spiro atoms. The summed E-state index contributed by atoms with van der Waals surface area (Å²) in [7, 11) is 0. The number of nitrogens with one attached hydrogen (secondary N) is 2. The Morgan fingerprint density at radius 1 is 1.61 bits per heavy atom. The predicted molar refractivity (Wildman–Crippen MR) is 67.5 cm³/mol. The molecule has 0 aliphatic carbocycles. The van der Waals surface area contributed by atoms with Gasteiger partial charge in [-0.2, -0.15) is 4.98 Å². The maximum absolute atomic E-state index is 11.6. The highest BCUT2D eigenvalue weighted by molar-refractivity contribution is 5.84. The van der Waals surface area contributed by atoms with Crippen LogP contribution in [0, 0.1) is 0 Å². The molecular weight excluding hydrogens is 232 g/mol. The van der Waals surface area contributed by atoms with Crippen molar-refractivity contribution in [3.8, 4) is 5.88 Å². The minimum Gasteiger partial charge on any atom is -0.478 e. The van der Waals surface area contributed by atoms with Gasteiger partial charge in [-0.15, -0.1) is 0 Å². The molecule has 0 bridgehead atoms. The number of anilines is 1. The first kappa shape index (κ1) is 12.6. The van der Waals surface area contributed by atoms with Crippen LogP contribution in [-0.4, -0.2) is 35.1 Å². The molecule has 0 radical (unpaired) electrons. The lowest BCUT2D eigenvalue weighted by Gasteiger charge is -2.22. The second-order valence-corrected chi connectivity index (χ2v) is 4.20. The van der Waals surface area contributed by atoms with E-state index in [1.165, 1.54) is 0 Å². The van der Waals surface area contributed by atoms with Crippen LogP contribution in [0.4, 0.5) is 5.95 Å². The molecule has 1 aromatic rings. The second-order valence-electron chi connectivity index (χ2n) is 4.20. The fourth-order valence-corrected chi connectivity index (χ4v) is 1.76. The summed E-state index contributed by atoms with van der Waals surface area (Å²) >= 11 is 0. The van der Waals surface area contributed by atoms with Gasteiger partial charge in [0.2, 0.25) is 17.7 Å². The van der Waals surface area contributed by atoms with Crippen LogP contribution in [0.15, 0.2) is 12.3 Å². The first-order valence-corrected chi connectivity index (χ1v) is 6.29. The van der Waals surface area contributed by atoms with E-state index in [1.807, 2.05) is 6.92 Å². The Bertz CT molecular complexity index is 411. The zero-order chi connectivity index (χ0) is 12.8. The number of piperidine rings is 1. The third kappa shape index (κ3) is 3.32. The maximum Gasteiger partial charge on any atom is 0.242 e. The molecule has 0 saturated carbocycles. The molecule has 98 valence electrons. The molecule has 1 unspecified atom stereocenters. The van der Waals surface area contributed by atoms with Gasteiger partial charge in [0.1, 0.15) is 6.04 Å². The Balaban J connectivity index is 1.97. The highest BCUT2D eigenvalue weighted by Gasteiger charge is 2.22. The van der Waals surface area contributed by atoms with Crippen LogP contribution in [0.25, 0.3) is 0 Å². The molecule has 2 N–H and O–H groups in total. The Morgan fingerprint density at radius 3 is 3.28 bits per heavy atom. The van der Waals surface area contributed by atoms with Crippen LogP contribution in [0.2, 0.25) is 0 Å². The largest absolute Gasteiger partial charge is 0.478 e. The molecular formula is C12H18N4O2. The summed E-state index contributed by atoms with van der Waals surface area (Å²) in [6.45, 7) is 3.41. The van der Waals surface area contributed by atoms with E-state index in [-0.39, 0.29) is 11.9 Å². The fraction of sp³-hybridized carbons (Fsp3) is 0.583. The second kappa shape index (κ2) is 6.18. The molecule has 18 heavy (non-hydrogen) atoms. The van der Waals surface area contributed by atoms with Gasteiger partial charge in [-0.1, -0.05) is 6.92 Å². The lowest BCUT2D eigenvalue weighted by atomic mass is 10.1. The number of hydrogen-bond acceptors (Lipinski definition) is 5. The number of carbonyl (C=O) groups excluding carboxylic acids is 1. The molecule has 6 nitrogen and oxygen atoms in total. The summed E-state index contributed by atoms with van der Waals surface area (Å²) in [6.07, 6.45) is 4.32. The lowest BCUT2D eigenvalue weighted by Crippen LogP contribution is -2.44. The van der Waals surface area contributed by atoms with Crippen molar-refractivity contribution in [2.75, 3.05) is 18.5 Å². The SMILES string of the molecule is CCCOc1ccnc(NC2CCCNC2=O)n1. The van der Waals surface area contributed by atoms with Crippen LogP contribution in [0.1, 0.15) is 26.2 Å². The van der Waals surface area contributed by atoms with Gasteiger partial charge in [-0.05, 0) is 19.3 Å². The van der Waals surface area contributed by atoms with E-state index in [9.17, 15) is 4.79 Å². The van der Waals surface area contributed by atoms with Crippen LogP contribution >= 0.6 is 0 Å².